The third kappa shape index (κ3) is 2.62. The summed E-state index contributed by atoms with van der Waals surface area (Å²) >= 11 is 0. The first kappa shape index (κ1) is 14.0. The highest BCUT2D eigenvalue weighted by molar-refractivity contribution is 5.85. The van der Waals surface area contributed by atoms with Gasteiger partial charge in [-0.15, -0.1) is 0 Å². The molecule has 2 heterocycles. The molecule has 1 aliphatic rings. The van der Waals surface area contributed by atoms with Gasteiger partial charge in [0, 0.05) is 13.7 Å². The van der Waals surface area contributed by atoms with Crippen LogP contribution >= 0.6 is 0 Å². The fraction of sp³-hybridized carbons (Fsp3) is 0.750. The van der Waals surface area contributed by atoms with Gasteiger partial charge in [0.1, 0.15) is 5.54 Å². The van der Waals surface area contributed by atoms with E-state index in [0.717, 1.165) is 31.6 Å². The van der Waals surface area contributed by atoms with E-state index in [1.807, 2.05) is 6.92 Å². The molecular weight excluding hydrogens is 246 g/mol. The number of carbonyl (C=O) groups excluding carboxylic acids is 1. The summed E-state index contributed by atoms with van der Waals surface area (Å²) in [5, 5.41) is 8.49. The van der Waals surface area contributed by atoms with Crippen molar-refractivity contribution >= 4 is 5.91 Å². The van der Waals surface area contributed by atoms with E-state index in [4.69, 9.17) is 10.5 Å². The van der Waals surface area contributed by atoms with Crippen LogP contribution in [0, 0.1) is 0 Å². The van der Waals surface area contributed by atoms with Crippen molar-refractivity contribution in [3.05, 3.63) is 11.9 Å². The van der Waals surface area contributed by atoms with Gasteiger partial charge in [0.05, 0.1) is 25.0 Å². The Balaban J connectivity index is 2.15. The lowest BCUT2D eigenvalue weighted by Crippen LogP contribution is -2.56. The quantitative estimate of drug-likeness (QED) is 0.769. The van der Waals surface area contributed by atoms with Crippen molar-refractivity contribution in [2.75, 3.05) is 20.3 Å². The number of aromatic nitrogens is 3. The molecule has 7 heteroatoms. The first-order chi connectivity index (χ1) is 9.12. The van der Waals surface area contributed by atoms with Gasteiger partial charge >= 0.3 is 0 Å². The Morgan fingerprint density at radius 1 is 1.63 bits per heavy atom. The number of amides is 1. The molecule has 0 spiro atoms. The number of aryl methyl sites for hydroxylation is 1. The van der Waals surface area contributed by atoms with Gasteiger partial charge in [0.15, 0.2) is 0 Å². The number of nitrogens with zero attached hydrogens (tertiary/aromatic N) is 4. The zero-order valence-corrected chi connectivity index (χ0v) is 11.5. The molecule has 1 aromatic heterocycles. The molecule has 2 N–H and O–H groups in total. The highest BCUT2D eigenvalue weighted by Crippen LogP contribution is 2.30. The maximum absolute atomic E-state index is 11.8. The Kier molecular flexibility index (Phi) is 4.16. The topological polar surface area (TPSA) is 86.3 Å². The summed E-state index contributed by atoms with van der Waals surface area (Å²) in [5.74, 6) is -0.324. The molecule has 1 aliphatic heterocycles. The molecule has 2 rings (SSSR count). The maximum Gasteiger partial charge on any atom is 0.240 e. The fourth-order valence-electron chi connectivity index (χ4n) is 2.67. The lowest BCUT2D eigenvalue weighted by atomic mass is 9.96. The van der Waals surface area contributed by atoms with Gasteiger partial charge in [0.25, 0.3) is 0 Å². The van der Waals surface area contributed by atoms with Gasteiger partial charge < -0.3 is 10.5 Å². The van der Waals surface area contributed by atoms with Gasteiger partial charge in [0.2, 0.25) is 5.91 Å². The van der Waals surface area contributed by atoms with E-state index < -0.39 is 5.54 Å². The minimum Gasteiger partial charge on any atom is -0.382 e. The van der Waals surface area contributed by atoms with Crippen molar-refractivity contribution in [2.24, 2.45) is 5.73 Å². The third-order valence-corrected chi connectivity index (χ3v) is 3.69. The van der Waals surface area contributed by atoms with E-state index >= 15 is 0 Å². The molecule has 19 heavy (non-hydrogen) atoms. The molecule has 0 aromatic carbocycles. The van der Waals surface area contributed by atoms with Crippen LogP contribution in [-0.2, 0) is 22.6 Å². The Morgan fingerprint density at radius 2 is 2.42 bits per heavy atom. The molecule has 1 atom stereocenters. The number of hydrogen-bond acceptors (Lipinski definition) is 5. The van der Waals surface area contributed by atoms with Crippen molar-refractivity contribution in [2.45, 2.75) is 38.4 Å². The number of methoxy groups -OCH3 is 1. The Hall–Kier alpha value is -1.47. The van der Waals surface area contributed by atoms with Crippen molar-refractivity contribution in [3.63, 3.8) is 0 Å². The van der Waals surface area contributed by atoms with Crippen LogP contribution in [0.4, 0.5) is 0 Å². The van der Waals surface area contributed by atoms with Crippen molar-refractivity contribution in [1.29, 1.82) is 0 Å². The lowest BCUT2D eigenvalue weighted by molar-refractivity contribution is -0.132. The molecule has 1 aromatic rings. The van der Waals surface area contributed by atoms with E-state index in [9.17, 15) is 4.79 Å². The van der Waals surface area contributed by atoms with Crippen molar-refractivity contribution in [3.8, 4) is 0 Å². The maximum atomic E-state index is 11.8. The van der Waals surface area contributed by atoms with E-state index in [-0.39, 0.29) is 5.91 Å². The minimum absolute atomic E-state index is 0.324. The predicted octanol–water partition coefficient (Wildman–Crippen LogP) is -0.236. The SMILES string of the molecule is CCn1ncc(CN2CCCC2(COC)C(N)=O)n1. The van der Waals surface area contributed by atoms with Gasteiger partial charge in [-0.25, -0.2) is 0 Å². The highest BCUT2D eigenvalue weighted by Gasteiger charge is 2.46. The average Bonchev–Trinajstić information content (AvgIpc) is 2.98. The van der Waals surface area contributed by atoms with Crippen LogP contribution in [0.3, 0.4) is 0 Å². The summed E-state index contributed by atoms with van der Waals surface area (Å²) in [5.41, 5.74) is 5.74. The van der Waals surface area contributed by atoms with Gasteiger partial charge in [-0.3, -0.25) is 9.69 Å². The highest BCUT2D eigenvalue weighted by atomic mass is 16.5. The molecule has 0 saturated carbocycles. The average molecular weight is 267 g/mol. The van der Waals surface area contributed by atoms with Crippen LogP contribution in [0.1, 0.15) is 25.5 Å². The fourth-order valence-corrected chi connectivity index (χ4v) is 2.67. The second-order valence-electron chi connectivity index (χ2n) is 4.88. The van der Waals surface area contributed by atoms with Crippen LogP contribution in [0.25, 0.3) is 0 Å². The van der Waals surface area contributed by atoms with Crippen LogP contribution in [-0.4, -0.2) is 51.6 Å². The number of primary amides is 1. The molecule has 0 radical (unpaired) electrons. The van der Waals surface area contributed by atoms with Crippen molar-refractivity contribution in [1.82, 2.24) is 19.9 Å². The minimum atomic E-state index is -0.704. The predicted molar refractivity (Wildman–Crippen MR) is 69.1 cm³/mol. The standard InChI is InChI=1S/C12H21N5O2/c1-3-17-14-7-10(15-17)8-16-6-4-5-12(16,9-19-2)11(13)18/h7H,3-6,8-9H2,1-2H3,(H2,13,18). The molecule has 106 valence electrons. The lowest BCUT2D eigenvalue weighted by Gasteiger charge is -2.34. The van der Waals surface area contributed by atoms with E-state index in [1.54, 1.807) is 18.1 Å². The smallest absolute Gasteiger partial charge is 0.240 e. The third-order valence-electron chi connectivity index (χ3n) is 3.69. The van der Waals surface area contributed by atoms with E-state index in [1.165, 1.54) is 0 Å². The summed E-state index contributed by atoms with van der Waals surface area (Å²) in [6, 6.07) is 0. The summed E-state index contributed by atoms with van der Waals surface area (Å²) in [4.78, 5) is 15.5. The monoisotopic (exact) mass is 267 g/mol. The van der Waals surface area contributed by atoms with Crippen molar-refractivity contribution < 1.29 is 9.53 Å². The summed E-state index contributed by atoms with van der Waals surface area (Å²) < 4.78 is 5.20. The molecule has 0 aliphatic carbocycles. The largest absolute Gasteiger partial charge is 0.382 e. The zero-order chi connectivity index (χ0) is 13.9. The first-order valence-electron chi connectivity index (χ1n) is 6.55. The molecule has 1 amide bonds. The van der Waals surface area contributed by atoms with E-state index in [0.29, 0.717) is 13.2 Å². The summed E-state index contributed by atoms with van der Waals surface area (Å²) in [7, 11) is 1.59. The number of nitrogens with two attached hydrogens (primary N) is 1. The Labute approximate surface area is 112 Å². The molecule has 0 bridgehead atoms. The van der Waals surface area contributed by atoms with Crippen LogP contribution < -0.4 is 5.73 Å². The normalized spacial score (nSPS) is 23.9. The van der Waals surface area contributed by atoms with Crippen LogP contribution in [0.15, 0.2) is 6.20 Å². The Morgan fingerprint density at radius 3 is 3.00 bits per heavy atom. The van der Waals surface area contributed by atoms with Gasteiger partial charge in [-0.1, -0.05) is 0 Å². The number of rotatable bonds is 6. The number of hydrogen-bond donors (Lipinski definition) is 1. The summed E-state index contributed by atoms with van der Waals surface area (Å²) in [6.07, 6.45) is 3.41. The second kappa shape index (κ2) is 5.66. The van der Waals surface area contributed by atoms with Gasteiger partial charge in [-0.05, 0) is 26.3 Å². The van der Waals surface area contributed by atoms with Crippen LogP contribution in [0.5, 0.6) is 0 Å². The Bertz CT molecular complexity index is 447. The number of carbonyl (C=O) groups is 1. The number of ether oxygens (including phenoxy) is 1. The molecule has 7 nitrogen and oxygen atoms in total. The number of likely N-dealkylation sites (tertiary alicyclic amines) is 1. The molecular formula is C12H21N5O2. The second-order valence-corrected chi connectivity index (χ2v) is 4.88. The van der Waals surface area contributed by atoms with Gasteiger partial charge in [-0.2, -0.15) is 15.0 Å². The van der Waals surface area contributed by atoms with Crippen LogP contribution in [0.2, 0.25) is 0 Å². The molecule has 1 unspecified atom stereocenters. The first-order valence-corrected chi connectivity index (χ1v) is 6.55. The zero-order valence-electron chi connectivity index (χ0n) is 11.5. The molecule has 1 saturated heterocycles. The summed E-state index contributed by atoms with van der Waals surface area (Å²) in [6.45, 7) is 4.44. The van der Waals surface area contributed by atoms with E-state index in [2.05, 4.69) is 15.1 Å². The molecule has 1 fully saturated rings.